The number of nitrogens with zero attached hydrogens (tertiary/aromatic N) is 1. The lowest BCUT2D eigenvalue weighted by molar-refractivity contribution is -0.155. The summed E-state index contributed by atoms with van der Waals surface area (Å²) in [7, 11) is 1.36. The smallest absolute Gasteiger partial charge is 0.315 e. The van der Waals surface area contributed by atoms with E-state index in [-0.39, 0.29) is 34.9 Å². The number of methoxy groups -OCH3 is 1. The second-order valence-corrected chi connectivity index (χ2v) is 7.35. The number of rotatable bonds is 1. The number of esters is 1. The van der Waals surface area contributed by atoms with E-state index in [2.05, 4.69) is 0 Å². The lowest BCUT2D eigenvalue weighted by Crippen LogP contribution is -2.53. The van der Waals surface area contributed by atoms with Gasteiger partial charge in [0.25, 0.3) is 0 Å². The number of carbonyl (C=O) groups excluding carboxylic acids is 3. The van der Waals surface area contributed by atoms with E-state index in [0.29, 0.717) is 25.7 Å². The zero-order chi connectivity index (χ0) is 17.7. The Morgan fingerprint density at radius 2 is 2.08 bits per heavy atom. The molecular formula is C19H21NO4. The molecule has 0 radical (unpaired) electrons. The molecule has 0 heterocycles. The van der Waals surface area contributed by atoms with Crippen molar-refractivity contribution in [3.8, 4) is 6.07 Å². The Bertz CT molecular complexity index is 741. The molecule has 126 valence electrons. The summed E-state index contributed by atoms with van der Waals surface area (Å²) in [6.45, 7) is 3.78. The molecule has 3 rings (SSSR count). The van der Waals surface area contributed by atoms with Gasteiger partial charge in [-0.25, -0.2) is 0 Å². The maximum atomic E-state index is 12.6. The lowest BCUT2D eigenvalue weighted by atomic mass is 9.47. The van der Waals surface area contributed by atoms with Crippen molar-refractivity contribution in [2.75, 3.05) is 7.11 Å². The number of allylic oxidation sites excluding steroid dienone is 3. The number of Topliss-reactive ketones (excluding diaryl/α,β-unsaturated/α-hetero) is 1. The van der Waals surface area contributed by atoms with Crippen LogP contribution in [0.5, 0.6) is 0 Å². The molecule has 0 aromatic carbocycles. The summed E-state index contributed by atoms with van der Waals surface area (Å²) < 4.78 is 5.07. The summed E-state index contributed by atoms with van der Waals surface area (Å²) in [6, 6.07) is 1.99. The summed E-state index contributed by atoms with van der Waals surface area (Å²) >= 11 is 0. The first-order chi connectivity index (χ1) is 11.3. The molecule has 1 saturated carbocycles. The second-order valence-electron chi connectivity index (χ2n) is 7.35. The van der Waals surface area contributed by atoms with Gasteiger partial charge in [-0.3, -0.25) is 14.4 Å². The number of ketones is 2. The maximum Gasteiger partial charge on any atom is 0.315 e. The molecule has 5 heteroatoms. The van der Waals surface area contributed by atoms with Gasteiger partial charge in [-0.15, -0.1) is 0 Å². The number of hydrogen-bond acceptors (Lipinski definition) is 5. The molecule has 0 aromatic rings. The molecule has 0 bridgehead atoms. The average molecular weight is 327 g/mol. The predicted molar refractivity (Wildman–Crippen MR) is 85.5 cm³/mol. The maximum absolute atomic E-state index is 12.6. The molecule has 0 saturated heterocycles. The summed E-state index contributed by atoms with van der Waals surface area (Å²) in [4.78, 5) is 37.1. The van der Waals surface area contributed by atoms with Crippen LogP contribution >= 0.6 is 0 Å². The lowest BCUT2D eigenvalue weighted by Gasteiger charge is -2.54. The van der Waals surface area contributed by atoms with Crippen LogP contribution in [-0.4, -0.2) is 24.6 Å². The standard InChI is InChI=1S/C19H21NO4/c1-11-14-5-7-19(17(23)24-3)6-4-13(21)8-15(19)18(14,2)9-12(10-20)16(11)22/h8-9,11,14H,4-7H2,1-3H3/t11-,14?,18+,19+/m1/s1. The number of hydrogen-bond donors (Lipinski definition) is 0. The van der Waals surface area contributed by atoms with Crippen LogP contribution in [0.1, 0.15) is 39.5 Å². The third kappa shape index (κ3) is 2.02. The van der Waals surface area contributed by atoms with Crippen molar-refractivity contribution in [1.82, 2.24) is 0 Å². The van der Waals surface area contributed by atoms with E-state index in [1.54, 1.807) is 12.2 Å². The van der Waals surface area contributed by atoms with Crippen LogP contribution in [0.25, 0.3) is 0 Å². The van der Waals surface area contributed by atoms with Gasteiger partial charge in [-0.05, 0) is 36.8 Å². The highest BCUT2D eigenvalue weighted by Gasteiger charge is 2.59. The van der Waals surface area contributed by atoms with Gasteiger partial charge < -0.3 is 4.74 Å². The molecule has 1 fully saturated rings. The Hall–Kier alpha value is -2.22. The third-order valence-corrected chi connectivity index (χ3v) is 6.28. The molecule has 0 amide bonds. The van der Waals surface area contributed by atoms with E-state index in [9.17, 15) is 19.6 Å². The Morgan fingerprint density at radius 1 is 1.38 bits per heavy atom. The minimum Gasteiger partial charge on any atom is -0.468 e. The Morgan fingerprint density at radius 3 is 2.71 bits per heavy atom. The highest BCUT2D eigenvalue weighted by Crippen LogP contribution is 2.61. The van der Waals surface area contributed by atoms with Crippen molar-refractivity contribution in [3.63, 3.8) is 0 Å². The molecule has 0 aromatic heterocycles. The number of ether oxygens (including phenoxy) is 1. The van der Waals surface area contributed by atoms with Gasteiger partial charge >= 0.3 is 5.97 Å². The molecule has 5 nitrogen and oxygen atoms in total. The number of nitriles is 1. The van der Waals surface area contributed by atoms with Gasteiger partial charge in [-0.2, -0.15) is 5.26 Å². The van der Waals surface area contributed by atoms with Crippen molar-refractivity contribution >= 4 is 17.5 Å². The van der Waals surface area contributed by atoms with Crippen molar-refractivity contribution < 1.29 is 19.1 Å². The van der Waals surface area contributed by atoms with Gasteiger partial charge in [0.15, 0.2) is 11.6 Å². The van der Waals surface area contributed by atoms with Gasteiger partial charge in [0.1, 0.15) is 6.07 Å². The normalized spacial score (nSPS) is 38.2. The molecule has 3 aliphatic carbocycles. The summed E-state index contributed by atoms with van der Waals surface area (Å²) in [5.41, 5.74) is -0.617. The fourth-order valence-electron chi connectivity index (χ4n) is 5.02. The fraction of sp³-hybridized carbons (Fsp3) is 0.579. The number of carbonyl (C=O) groups is 3. The largest absolute Gasteiger partial charge is 0.468 e. The second kappa shape index (κ2) is 5.41. The molecular weight excluding hydrogens is 306 g/mol. The Labute approximate surface area is 141 Å². The van der Waals surface area contributed by atoms with E-state index >= 15 is 0 Å². The van der Waals surface area contributed by atoms with Crippen molar-refractivity contribution in [3.05, 3.63) is 23.3 Å². The molecule has 4 atom stereocenters. The molecule has 24 heavy (non-hydrogen) atoms. The van der Waals surface area contributed by atoms with E-state index in [1.165, 1.54) is 7.11 Å². The van der Waals surface area contributed by atoms with Gasteiger partial charge in [0, 0.05) is 17.8 Å². The van der Waals surface area contributed by atoms with Crippen LogP contribution in [0.15, 0.2) is 23.3 Å². The minimum absolute atomic E-state index is 0.0112. The molecule has 0 N–H and O–H groups in total. The molecule has 1 unspecified atom stereocenters. The highest BCUT2D eigenvalue weighted by atomic mass is 16.5. The summed E-state index contributed by atoms with van der Waals surface area (Å²) in [6.07, 6.45) is 5.28. The highest BCUT2D eigenvalue weighted by molar-refractivity contribution is 6.03. The quantitative estimate of drug-likeness (QED) is 0.691. The van der Waals surface area contributed by atoms with Crippen molar-refractivity contribution in [1.29, 1.82) is 5.26 Å². The van der Waals surface area contributed by atoms with Crippen LogP contribution in [0.4, 0.5) is 0 Å². The van der Waals surface area contributed by atoms with Crippen LogP contribution in [0.3, 0.4) is 0 Å². The van der Waals surface area contributed by atoms with Crippen LogP contribution in [0, 0.1) is 34.0 Å². The van der Waals surface area contributed by atoms with Crippen LogP contribution in [-0.2, 0) is 19.1 Å². The Balaban J connectivity index is 2.24. The Kier molecular flexibility index (Phi) is 3.75. The molecule has 3 aliphatic rings. The summed E-state index contributed by atoms with van der Waals surface area (Å²) in [5.74, 6) is -0.797. The third-order valence-electron chi connectivity index (χ3n) is 6.28. The van der Waals surface area contributed by atoms with E-state index in [1.807, 2.05) is 19.9 Å². The van der Waals surface area contributed by atoms with E-state index < -0.39 is 10.8 Å². The zero-order valence-electron chi connectivity index (χ0n) is 14.2. The number of fused-ring (bicyclic) bond motifs is 3. The monoisotopic (exact) mass is 327 g/mol. The van der Waals surface area contributed by atoms with Gasteiger partial charge in [-0.1, -0.05) is 19.9 Å². The average Bonchev–Trinajstić information content (AvgIpc) is 2.58. The first-order valence-corrected chi connectivity index (χ1v) is 8.31. The predicted octanol–water partition coefficient (Wildman–Crippen LogP) is 2.52. The zero-order valence-corrected chi connectivity index (χ0v) is 14.2. The molecule has 0 spiro atoms. The SMILES string of the molecule is COC(=O)[C@]12CCC(=O)C=C1[C@@]1(C)C=C(C#N)C(=O)[C@H](C)C1CC2. The van der Waals surface area contributed by atoms with Crippen LogP contribution < -0.4 is 0 Å². The topological polar surface area (TPSA) is 84.2 Å². The van der Waals surface area contributed by atoms with Crippen molar-refractivity contribution in [2.45, 2.75) is 39.5 Å². The summed E-state index contributed by atoms with van der Waals surface area (Å²) in [5, 5.41) is 9.33. The van der Waals surface area contributed by atoms with Gasteiger partial charge in [0.05, 0.1) is 18.1 Å². The van der Waals surface area contributed by atoms with E-state index in [4.69, 9.17) is 4.74 Å². The first kappa shape index (κ1) is 16.6. The van der Waals surface area contributed by atoms with Crippen LogP contribution in [0.2, 0.25) is 0 Å². The van der Waals surface area contributed by atoms with E-state index in [0.717, 1.165) is 5.57 Å². The first-order valence-electron chi connectivity index (χ1n) is 8.31. The molecule has 0 aliphatic heterocycles. The minimum atomic E-state index is -0.814. The van der Waals surface area contributed by atoms with Gasteiger partial charge in [0.2, 0.25) is 0 Å². The van der Waals surface area contributed by atoms with Crippen molar-refractivity contribution in [2.24, 2.45) is 22.7 Å². The fourth-order valence-corrected chi connectivity index (χ4v) is 5.02.